The number of anilines is 1. The third-order valence-corrected chi connectivity index (χ3v) is 6.68. The molecule has 4 aromatic rings. The second-order valence-electron chi connectivity index (χ2n) is 7.08. The van der Waals surface area contributed by atoms with Crippen molar-refractivity contribution in [3.63, 3.8) is 0 Å². The maximum absolute atomic E-state index is 12.6. The molecule has 0 spiro atoms. The average Bonchev–Trinajstić information content (AvgIpc) is 3.40. The fraction of sp³-hybridized carbons (Fsp3) is 0.136. The minimum absolute atomic E-state index is 0.0715. The number of aryl methyl sites for hydroxylation is 2. The van der Waals surface area contributed by atoms with Crippen molar-refractivity contribution in [3.05, 3.63) is 71.3 Å². The number of primary amides is 1. The highest BCUT2D eigenvalue weighted by Gasteiger charge is 2.18. The second-order valence-corrected chi connectivity index (χ2v) is 9.08. The van der Waals surface area contributed by atoms with Gasteiger partial charge in [0.15, 0.2) is 0 Å². The van der Waals surface area contributed by atoms with E-state index in [9.17, 15) is 9.59 Å². The van der Waals surface area contributed by atoms with E-state index in [-0.39, 0.29) is 17.2 Å². The molecular weight excluding hydrogens is 444 g/mol. The summed E-state index contributed by atoms with van der Waals surface area (Å²) in [5, 5.41) is 15.6. The molecule has 2 heterocycles. The van der Waals surface area contributed by atoms with E-state index in [0.29, 0.717) is 10.2 Å². The summed E-state index contributed by atoms with van der Waals surface area (Å²) >= 11 is 2.52. The highest BCUT2D eigenvalue weighted by Crippen LogP contribution is 2.35. The van der Waals surface area contributed by atoms with E-state index in [2.05, 4.69) is 20.8 Å². The van der Waals surface area contributed by atoms with Crippen molar-refractivity contribution in [1.29, 1.82) is 0 Å². The summed E-state index contributed by atoms with van der Waals surface area (Å²) in [7, 11) is 0. The number of thioether (sulfide) groups is 1. The number of nitrogens with two attached hydrogens (primary N) is 1. The topological polar surface area (TPSA) is 116 Å². The summed E-state index contributed by atoms with van der Waals surface area (Å²) in [4.78, 5) is 25.4. The zero-order valence-electron chi connectivity index (χ0n) is 17.4. The van der Waals surface area contributed by atoms with Crippen LogP contribution in [0.3, 0.4) is 0 Å². The summed E-state index contributed by atoms with van der Waals surface area (Å²) in [6.45, 7) is 4.00. The number of benzene rings is 2. The zero-order chi connectivity index (χ0) is 22.7. The second kappa shape index (κ2) is 9.33. The van der Waals surface area contributed by atoms with Crippen molar-refractivity contribution in [2.45, 2.75) is 19.0 Å². The van der Waals surface area contributed by atoms with Crippen LogP contribution >= 0.6 is 23.1 Å². The molecule has 0 radical (unpaired) electrons. The van der Waals surface area contributed by atoms with Crippen LogP contribution in [-0.4, -0.2) is 37.8 Å². The molecule has 0 saturated heterocycles. The lowest BCUT2D eigenvalue weighted by atomic mass is 10.1. The van der Waals surface area contributed by atoms with Crippen LogP contribution < -0.4 is 11.1 Å². The van der Waals surface area contributed by atoms with Gasteiger partial charge in [-0.05, 0) is 47.5 Å². The highest BCUT2D eigenvalue weighted by molar-refractivity contribution is 7.99. The lowest BCUT2D eigenvalue weighted by molar-refractivity contribution is -0.113. The van der Waals surface area contributed by atoms with Gasteiger partial charge in [-0.15, -0.1) is 16.4 Å². The molecule has 2 aromatic heterocycles. The minimum Gasteiger partial charge on any atom is -0.366 e. The third kappa shape index (κ3) is 4.71. The van der Waals surface area contributed by atoms with Crippen molar-refractivity contribution in [3.8, 4) is 16.1 Å². The molecule has 2 amide bonds. The molecule has 32 heavy (non-hydrogen) atoms. The highest BCUT2D eigenvalue weighted by atomic mass is 32.2. The number of tetrazole rings is 1. The van der Waals surface area contributed by atoms with Gasteiger partial charge in [-0.2, -0.15) is 4.68 Å². The predicted molar refractivity (Wildman–Crippen MR) is 126 cm³/mol. The number of nitrogens with one attached hydrogen (secondary N) is 1. The number of hydrogen-bond donors (Lipinski definition) is 2. The van der Waals surface area contributed by atoms with Crippen molar-refractivity contribution in [2.24, 2.45) is 5.73 Å². The van der Waals surface area contributed by atoms with Gasteiger partial charge >= 0.3 is 0 Å². The van der Waals surface area contributed by atoms with E-state index in [1.807, 2.05) is 62.4 Å². The van der Waals surface area contributed by atoms with Crippen molar-refractivity contribution in [1.82, 2.24) is 20.2 Å². The first-order valence-corrected chi connectivity index (χ1v) is 11.5. The molecule has 0 unspecified atom stereocenters. The third-order valence-electron chi connectivity index (χ3n) is 4.66. The Labute approximate surface area is 192 Å². The molecule has 8 nitrogen and oxygen atoms in total. The van der Waals surface area contributed by atoms with Gasteiger partial charge in [-0.3, -0.25) is 9.59 Å². The predicted octanol–water partition coefficient (Wildman–Crippen LogP) is 3.84. The van der Waals surface area contributed by atoms with Gasteiger partial charge in [0.1, 0.15) is 5.00 Å². The summed E-state index contributed by atoms with van der Waals surface area (Å²) in [5.41, 5.74) is 9.78. The Hall–Kier alpha value is -3.50. The van der Waals surface area contributed by atoms with Gasteiger partial charge in [0.2, 0.25) is 11.1 Å². The van der Waals surface area contributed by atoms with Gasteiger partial charge in [-0.1, -0.05) is 59.8 Å². The maximum Gasteiger partial charge on any atom is 0.251 e. The molecule has 162 valence electrons. The summed E-state index contributed by atoms with van der Waals surface area (Å²) in [6.07, 6.45) is 0. The lowest BCUT2D eigenvalue weighted by Gasteiger charge is -2.08. The standard InChI is InChI=1S/C22H20N6O2S2/c1-13-8-9-17(14(2)10-13)28-22(25-26-27-28)31-12-19(29)24-21-16(20(23)30)11-18(32-21)15-6-4-3-5-7-15/h3-11H,12H2,1-2H3,(H2,23,30)(H,24,29). The fourth-order valence-corrected chi connectivity index (χ4v) is 4.94. The van der Waals surface area contributed by atoms with E-state index in [4.69, 9.17) is 5.73 Å². The van der Waals surface area contributed by atoms with Gasteiger partial charge in [-0.25, -0.2) is 0 Å². The summed E-state index contributed by atoms with van der Waals surface area (Å²) in [6, 6.07) is 17.3. The largest absolute Gasteiger partial charge is 0.366 e. The molecule has 2 aromatic carbocycles. The summed E-state index contributed by atoms with van der Waals surface area (Å²) < 4.78 is 1.61. The minimum atomic E-state index is -0.592. The fourth-order valence-electron chi connectivity index (χ4n) is 3.17. The van der Waals surface area contributed by atoms with E-state index >= 15 is 0 Å². The molecule has 0 aliphatic rings. The first-order valence-electron chi connectivity index (χ1n) is 9.70. The van der Waals surface area contributed by atoms with Gasteiger partial charge in [0, 0.05) is 4.88 Å². The van der Waals surface area contributed by atoms with Crippen LogP contribution in [0.25, 0.3) is 16.1 Å². The Bertz CT molecular complexity index is 1280. The Kier molecular flexibility index (Phi) is 6.33. The number of carbonyl (C=O) groups is 2. The number of amides is 2. The van der Waals surface area contributed by atoms with Crippen LogP contribution in [0.15, 0.2) is 59.8 Å². The number of aromatic nitrogens is 4. The molecule has 0 bridgehead atoms. The monoisotopic (exact) mass is 464 g/mol. The van der Waals surface area contributed by atoms with Gasteiger partial charge in [0.05, 0.1) is 17.0 Å². The van der Waals surface area contributed by atoms with E-state index in [0.717, 1.165) is 27.3 Å². The first-order chi connectivity index (χ1) is 15.4. The Morgan fingerprint density at radius 2 is 1.91 bits per heavy atom. The van der Waals surface area contributed by atoms with Crippen LogP contribution in [-0.2, 0) is 4.79 Å². The number of rotatable bonds is 7. The quantitative estimate of drug-likeness (QED) is 0.402. The SMILES string of the molecule is Cc1ccc(-n2nnnc2SCC(=O)Nc2sc(-c3ccccc3)cc2C(N)=O)c(C)c1. The molecule has 0 atom stereocenters. The average molecular weight is 465 g/mol. The number of thiophene rings is 1. The van der Waals surface area contributed by atoms with Gasteiger partial charge in [0.25, 0.3) is 5.91 Å². The van der Waals surface area contributed by atoms with Crippen LogP contribution in [0.4, 0.5) is 5.00 Å². The van der Waals surface area contributed by atoms with Crippen LogP contribution in [0.1, 0.15) is 21.5 Å². The number of nitrogens with zero attached hydrogens (tertiary/aromatic N) is 4. The molecule has 0 aliphatic carbocycles. The van der Waals surface area contributed by atoms with Crippen molar-refractivity contribution >= 4 is 39.9 Å². The molecule has 3 N–H and O–H groups in total. The molecular formula is C22H20N6O2S2. The Morgan fingerprint density at radius 1 is 1.12 bits per heavy atom. The molecule has 10 heteroatoms. The number of carbonyl (C=O) groups excluding carboxylic acids is 2. The molecule has 0 saturated carbocycles. The van der Waals surface area contributed by atoms with E-state index in [1.165, 1.54) is 23.1 Å². The van der Waals surface area contributed by atoms with Crippen LogP contribution in [0, 0.1) is 13.8 Å². The van der Waals surface area contributed by atoms with E-state index in [1.54, 1.807) is 10.7 Å². The zero-order valence-corrected chi connectivity index (χ0v) is 19.0. The Morgan fingerprint density at radius 3 is 2.62 bits per heavy atom. The number of hydrogen-bond acceptors (Lipinski definition) is 7. The maximum atomic E-state index is 12.6. The lowest BCUT2D eigenvalue weighted by Crippen LogP contribution is -2.18. The van der Waals surface area contributed by atoms with Crippen LogP contribution in [0.5, 0.6) is 0 Å². The smallest absolute Gasteiger partial charge is 0.251 e. The molecule has 4 rings (SSSR count). The Balaban J connectivity index is 1.48. The van der Waals surface area contributed by atoms with Crippen molar-refractivity contribution < 1.29 is 9.59 Å². The van der Waals surface area contributed by atoms with Crippen LogP contribution in [0.2, 0.25) is 0 Å². The van der Waals surface area contributed by atoms with E-state index < -0.39 is 5.91 Å². The first kappa shape index (κ1) is 21.7. The van der Waals surface area contributed by atoms with Gasteiger partial charge < -0.3 is 11.1 Å². The molecule has 0 fully saturated rings. The van der Waals surface area contributed by atoms with Crippen molar-refractivity contribution in [2.75, 3.05) is 11.1 Å². The molecule has 0 aliphatic heterocycles. The summed E-state index contributed by atoms with van der Waals surface area (Å²) in [5.74, 6) is -0.804. The normalized spacial score (nSPS) is 10.8.